The van der Waals surface area contributed by atoms with E-state index in [0.717, 1.165) is 0 Å². The van der Waals surface area contributed by atoms with E-state index < -0.39 is 0 Å². The van der Waals surface area contributed by atoms with Gasteiger partial charge < -0.3 is 15.0 Å². The van der Waals surface area contributed by atoms with Crippen molar-refractivity contribution in [3.05, 3.63) is 23.4 Å². The Bertz CT molecular complexity index is 356. The predicted molar refractivity (Wildman–Crippen MR) is 67.4 cm³/mol. The van der Waals surface area contributed by atoms with Gasteiger partial charge in [0.2, 0.25) is 5.91 Å². The van der Waals surface area contributed by atoms with Crippen LogP contribution in [-0.4, -0.2) is 44.7 Å². The number of hydrogen-bond donors (Lipinski definition) is 1. The Morgan fingerprint density at radius 3 is 2.94 bits per heavy atom. The first kappa shape index (κ1) is 13.7. The smallest absolute Gasteiger partial charge is 0.239 e. The molecule has 0 saturated carbocycles. The molecule has 0 spiro atoms. The van der Waals surface area contributed by atoms with Crippen molar-refractivity contribution >= 4 is 23.3 Å². The number of carbonyl (C=O) groups is 1. The summed E-state index contributed by atoms with van der Waals surface area (Å²) in [5.74, 6) is 0.637. The van der Waals surface area contributed by atoms with Crippen molar-refractivity contribution < 1.29 is 9.53 Å². The maximum Gasteiger partial charge on any atom is 0.239 e. The molecule has 0 aliphatic carbocycles. The zero-order valence-electron chi connectivity index (χ0n) is 9.94. The molecule has 0 fully saturated rings. The molecule has 0 radical (unpaired) electrons. The lowest BCUT2D eigenvalue weighted by Gasteiger charge is -2.17. The van der Waals surface area contributed by atoms with Gasteiger partial charge in [0.25, 0.3) is 0 Å². The van der Waals surface area contributed by atoms with Crippen molar-refractivity contribution in [1.29, 1.82) is 0 Å². The Hall–Kier alpha value is -1.33. The average Bonchev–Trinajstić information content (AvgIpc) is 2.30. The number of halogens is 1. The molecule has 1 rings (SSSR count). The summed E-state index contributed by atoms with van der Waals surface area (Å²) in [5.41, 5.74) is 0. The molecule has 0 aliphatic rings. The third kappa shape index (κ3) is 5.01. The largest absolute Gasteiger partial charge is 0.383 e. The number of likely N-dealkylation sites (N-methyl/N-ethyl adjacent to an activating group) is 1. The fraction of sp³-hybridized carbons (Fsp3) is 0.455. The normalized spacial score (nSPS) is 10.1. The summed E-state index contributed by atoms with van der Waals surface area (Å²) in [6.07, 6.45) is 1.55. The summed E-state index contributed by atoms with van der Waals surface area (Å²) in [7, 11) is 3.39. The number of ether oxygens (including phenoxy) is 1. The van der Waals surface area contributed by atoms with Crippen LogP contribution in [0.2, 0.25) is 5.02 Å². The maximum absolute atomic E-state index is 11.5. The van der Waals surface area contributed by atoms with Crippen molar-refractivity contribution in [1.82, 2.24) is 10.3 Å². The minimum atomic E-state index is -0.0682. The highest BCUT2D eigenvalue weighted by molar-refractivity contribution is 6.30. The number of nitrogens with one attached hydrogen (secondary N) is 1. The molecule has 0 aliphatic heterocycles. The second kappa shape index (κ2) is 7.09. The van der Waals surface area contributed by atoms with E-state index in [1.54, 1.807) is 37.4 Å². The van der Waals surface area contributed by atoms with E-state index in [1.165, 1.54) is 0 Å². The molecule has 1 aromatic heterocycles. The molecule has 1 heterocycles. The third-order valence-corrected chi connectivity index (χ3v) is 2.34. The molecule has 1 aromatic rings. The number of pyridine rings is 1. The van der Waals surface area contributed by atoms with E-state index in [9.17, 15) is 4.79 Å². The molecule has 94 valence electrons. The maximum atomic E-state index is 11.5. The minimum absolute atomic E-state index is 0.0682. The van der Waals surface area contributed by atoms with Crippen LogP contribution in [0.1, 0.15) is 0 Å². The molecule has 6 heteroatoms. The van der Waals surface area contributed by atoms with Crippen LogP contribution in [0.25, 0.3) is 0 Å². The van der Waals surface area contributed by atoms with Gasteiger partial charge in [-0.15, -0.1) is 0 Å². The van der Waals surface area contributed by atoms with Gasteiger partial charge in [0, 0.05) is 26.9 Å². The lowest BCUT2D eigenvalue weighted by atomic mass is 10.4. The van der Waals surface area contributed by atoms with Crippen molar-refractivity contribution in [2.45, 2.75) is 0 Å². The summed E-state index contributed by atoms with van der Waals surface area (Å²) in [6.45, 7) is 1.27. The Morgan fingerprint density at radius 2 is 2.35 bits per heavy atom. The van der Waals surface area contributed by atoms with Gasteiger partial charge in [0.05, 0.1) is 18.2 Å². The zero-order chi connectivity index (χ0) is 12.7. The third-order valence-electron chi connectivity index (χ3n) is 2.11. The lowest BCUT2D eigenvalue weighted by molar-refractivity contribution is -0.119. The van der Waals surface area contributed by atoms with Gasteiger partial charge in [-0.25, -0.2) is 4.98 Å². The first-order valence-electron chi connectivity index (χ1n) is 5.22. The Labute approximate surface area is 106 Å². The molecule has 0 aromatic carbocycles. The topological polar surface area (TPSA) is 54.5 Å². The highest BCUT2D eigenvalue weighted by Crippen LogP contribution is 2.12. The van der Waals surface area contributed by atoms with E-state index in [2.05, 4.69) is 10.3 Å². The summed E-state index contributed by atoms with van der Waals surface area (Å²) < 4.78 is 4.84. The second-order valence-electron chi connectivity index (χ2n) is 3.53. The summed E-state index contributed by atoms with van der Waals surface area (Å²) in [4.78, 5) is 17.4. The molecular weight excluding hydrogens is 242 g/mol. The van der Waals surface area contributed by atoms with Crippen LogP contribution in [-0.2, 0) is 9.53 Å². The number of rotatable bonds is 6. The fourth-order valence-corrected chi connectivity index (χ4v) is 1.35. The van der Waals surface area contributed by atoms with Crippen molar-refractivity contribution in [2.75, 3.05) is 38.8 Å². The van der Waals surface area contributed by atoms with Gasteiger partial charge in [0.1, 0.15) is 5.82 Å². The van der Waals surface area contributed by atoms with Crippen molar-refractivity contribution in [3.8, 4) is 0 Å². The SMILES string of the molecule is COCCNC(=O)CN(C)c1ccc(Cl)cn1. The molecule has 0 atom stereocenters. The van der Waals surface area contributed by atoms with E-state index in [1.807, 2.05) is 0 Å². The summed E-state index contributed by atoms with van der Waals surface area (Å²) in [5, 5.41) is 3.31. The predicted octanol–water partition coefficient (Wildman–Crippen LogP) is 0.934. The first-order chi connectivity index (χ1) is 8.13. The quantitative estimate of drug-likeness (QED) is 0.771. The highest BCUT2D eigenvalue weighted by atomic mass is 35.5. The number of methoxy groups -OCH3 is 1. The van der Waals surface area contributed by atoms with Gasteiger partial charge in [-0.3, -0.25) is 4.79 Å². The van der Waals surface area contributed by atoms with Crippen molar-refractivity contribution in [3.63, 3.8) is 0 Å². The first-order valence-corrected chi connectivity index (χ1v) is 5.59. The average molecular weight is 258 g/mol. The molecule has 0 bridgehead atoms. The molecule has 5 nitrogen and oxygen atoms in total. The van der Waals surface area contributed by atoms with E-state index in [0.29, 0.717) is 24.0 Å². The zero-order valence-corrected chi connectivity index (χ0v) is 10.7. The van der Waals surface area contributed by atoms with E-state index in [4.69, 9.17) is 16.3 Å². The highest BCUT2D eigenvalue weighted by Gasteiger charge is 2.07. The number of carbonyl (C=O) groups excluding carboxylic acids is 1. The minimum Gasteiger partial charge on any atom is -0.383 e. The van der Waals surface area contributed by atoms with Gasteiger partial charge >= 0.3 is 0 Å². The van der Waals surface area contributed by atoms with Crippen molar-refractivity contribution in [2.24, 2.45) is 0 Å². The Kier molecular flexibility index (Phi) is 5.72. The number of hydrogen-bond acceptors (Lipinski definition) is 4. The Balaban J connectivity index is 2.40. The van der Waals surface area contributed by atoms with Crippen LogP contribution in [0.15, 0.2) is 18.3 Å². The van der Waals surface area contributed by atoms with Crippen LogP contribution in [0, 0.1) is 0 Å². The van der Waals surface area contributed by atoms with Crippen LogP contribution < -0.4 is 10.2 Å². The van der Waals surface area contributed by atoms with Gasteiger partial charge in [-0.1, -0.05) is 11.6 Å². The molecular formula is C11H16ClN3O2. The van der Waals surface area contributed by atoms with Crippen LogP contribution in [0.4, 0.5) is 5.82 Å². The monoisotopic (exact) mass is 257 g/mol. The van der Waals surface area contributed by atoms with E-state index >= 15 is 0 Å². The number of anilines is 1. The Morgan fingerprint density at radius 1 is 1.59 bits per heavy atom. The van der Waals surface area contributed by atoms with Gasteiger partial charge in [0.15, 0.2) is 0 Å². The molecule has 17 heavy (non-hydrogen) atoms. The van der Waals surface area contributed by atoms with Gasteiger partial charge in [-0.2, -0.15) is 0 Å². The fourth-order valence-electron chi connectivity index (χ4n) is 1.24. The van der Waals surface area contributed by atoms with Crippen LogP contribution in [0.3, 0.4) is 0 Å². The van der Waals surface area contributed by atoms with Crippen LogP contribution >= 0.6 is 11.6 Å². The number of amides is 1. The van der Waals surface area contributed by atoms with E-state index in [-0.39, 0.29) is 12.5 Å². The summed E-state index contributed by atoms with van der Waals surface area (Å²) in [6, 6.07) is 3.51. The lowest BCUT2D eigenvalue weighted by Crippen LogP contribution is -2.36. The molecule has 0 saturated heterocycles. The number of aromatic nitrogens is 1. The molecule has 1 N–H and O–H groups in total. The number of nitrogens with zero attached hydrogens (tertiary/aromatic N) is 2. The van der Waals surface area contributed by atoms with Gasteiger partial charge in [-0.05, 0) is 12.1 Å². The van der Waals surface area contributed by atoms with Crippen LogP contribution in [0.5, 0.6) is 0 Å². The molecule has 0 unspecified atom stereocenters. The summed E-state index contributed by atoms with van der Waals surface area (Å²) >= 11 is 5.73. The molecule has 1 amide bonds. The standard InChI is InChI=1S/C11H16ClN3O2/c1-15(8-11(16)13-5-6-17-2)10-4-3-9(12)7-14-10/h3-4,7H,5-6,8H2,1-2H3,(H,13,16). The second-order valence-corrected chi connectivity index (χ2v) is 3.97.